The number of hydrogen-bond donors (Lipinski definition) is 0. The number of nitrogens with zero attached hydrogens (tertiary/aromatic N) is 4. The van der Waals surface area contributed by atoms with E-state index in [0.29, 0.717) is 27.0 Å². The number of allylic oxidation sites excluding steroid dienone is 1. The van der Waals surface area contributed by atoms with Gasteiger partial charge in [-0.15, -0.1) is 10.2 Å². The zero-order valence-electron chi connectivity index (χ0n) is 17.8. The standard InChI is InChI=1S/C27H18N4OS/c1-18-8-12-23(13-9-18)30-31-27-25(21-11-10-19-5-2-3-6-20(19)15-21)29-26(33-27)22(17-28)16-24-7-4-14-32-24/h2-16H,1H3/b22-16-,31-30?. The number of nitriles is 1. The predicted octanol–water partition coefficient (Wildman–Crippen LogP) is 8.34. The van der Waals surface area contributed by atoms with Crippen LogP contribution in [0.5, 0.6) is 0 Å². The van der Waals surface area contributed by atoms with Crippen LogP contribution in [0.4, 0.5) is 10.7 Å². The molecule has 2 aromatic heterocycles. The Balaban J connectivity index is 1.62. The third-order valence-corrected chi connectivity index (χ3v) is 6.08. The summed E-state index contributed by atoms with van der Waals surface area (Å²) in [6.45, 7) is 2.03. The molecule has 0 spiro atoms. The molecular formula is C27H18N4OS. The molecule has 0 amide bonds. The lowest BCUT2D eigenvalue weighted by Gasteiger charge is -2.02. The van der Waals surface area contributed by atoms with Crippen molar-refractivity contribution < 1.29 is 4.42 Å². The van der Waals surface area contributed by atoms with Gasteiger partial charge in [0, 0.05) is 11.6 Å². The summed E-state index contributed by atoms with van der Waals surface area (Å²) in [7, 11) is 0. The molecule has 3 aromatic carbocycles. The molecule has 158 valence electrons. The molecule has 0 bridgehead atoms. The number of benzene rings is 3. The molecular weight excluding hydrogens is 428 g/mol. The van der Waals surface area contributed by atoms with Crippen LogP contribution < -0.4 is 0 Å². The number of aryl methyl sites for hydroxylation is 1. The van der Waals surface area contributed by atoms with E-state index in [-0.39, 0.29) is 0 Å². The topological polar surface area (TPSA) is 74.5 Å². The van der Waals surface area contributed by atoms with Crippen molar-refractivity contribution in [2.75, 3.05) is 0 Å². The number of rotatable bonds is 5. The van der Waals surface area contributed by atoms with Crippen LogP contribution in [0.1, 0.15) is 16.3 Å². The second kappa shape index (κ2) is 9.03. The van der Waals surface area contributed by atoms with Gasteiger partial charge >= 0.3 is 0 Å². The van der Waals surface area contributed by atoms with Crippen molar-refractivity contribution in [1.82, 2.24) is 4.98 Å². The van der Waals surface area contributed by atoms with Gasteiger partial charge in [-0.1, -0.05) is 65.4 Å². The largest absolute Gasteiger partial charge is 0.465 e. The summed E-state index contributed by atoms with van der Waals surface area (Å²) in [5.74, 6) is 0.594. The first-order valence-corrected chi connectivity index (χ1v) is 11.2. The van der Waals surface area contributed by atoms with E-state index >= 15 is 0 Å². The fourth-order valence-electron chi connectivity index (χ4n) is 3.39. The van der Waals surface area contributed by atoms with Gasteiger partial charge in [-0.3, -0.25) is 0 Å². The van der Waals surface area contributed by atoms with Gasteiger partial charge < -0.3 is 4.42 Å². The molecule has 6 heteroatoms. The van der Waals surface area contributed by atoms with E-state index in [2.05, 4.69) is 40.6 Å². The molecule has 0 fully saturated rings. The average molecular weight is 447 g/mol. The van der Waals surface area contributed by atoms with Gasteiger partial charge in [0.25, 0.3) is 0 Å². The predicted molar refractivity (Wildman–Crippen MR) is 133 cm³/mol. The highest BCUT2D eigenvalue weighted by Gasteiger charge is 2.17. The highest BCUT2D eigenvalue weighted by Crippen LogP contribution is 2.40. The summed E-state index contributed by atoms with van der Waals surface area (Å²) in [4.78, 5) is 4.80. The maximum absolute atomic E-state index is 9.78. The van der Waals surface area contributed by atoms with E-state index in [9.17, 15) is 5.26 Å². The lowest BCUT2D eigenvalue weighted by Crippen LogP contribution is -1.83. The van der Waals surface area contributed by atoms with Gasteiger partial charge in [-0.25, -0.2) is 4.98 Å². The number of azo groups is 1. The number of hydrogen-bond acceptors (Lipinski definition) is 6. The van der Waals surface area contributed by atoms with E-state index in [1.165, 1.54) is 11.3 Å². The molecule has 0 aliphatic heterocycles. The molecule has 0 atom stereocenters. The average Bonchev–Trinajstić information content (AvgIpc) is 3.52. The molecule has 5 nitrogen and oxygen atoms in total. The lowest BCUT2D eigenvalue weighted by molar-refractivity contribution is 0.557. The van der Waals surface area contributed by atoms with E-state index in [1.54, 1.807) is 24.5 Å². The summed E-state index contributed by atoms with van der Waals surface area (Å²) in [5.41, 5.74) is 3.94. The maximum atomic E-state index is 9.78. The van der Waals surface area contributed by atoms with Gasteiger partial charge in [-0.2, -0.15) is 5.26 Å². The SMILES string of the molecule is Cc1ccc(N=Nc2sc(/C(C#N)=C\c3ccco3)nc2-c2ccc3ccccc3c2)cc1. The summed E-state index contributed by atoms with van der Waals surface area (Å²) >= 11 is 1.33. The molecule has 33 heavy (non-hydrogen) atoms. The van der Waals surface area contributed by atoms with Gasteiger partial charge in [0.1, 0.15) is 22.5 Å². The van der Waals surface area contributed by atoms with Crippen LogP contribution in [0.3, 0.4) is 0 Å². The van der Waals surface area contributed by atoms with Crippen LogP contribution in [-0.2, 0) is 0 Å². The van der Waals surface area contributed by atoms with E-state index in [0.717, 1.165) is 27.6 Å². The third kappa shape index (κ3) is 4.49. The quantitative estimate of drug-likeness (QED) is 0.201. The van der Waals surface area contributed by atoms with E-state index < -0.39 is 0 Å². The zero-order valence-corrected chi connectivity index (χ0v) is 18.6. The summed E-state index contributed by atoms with van der Waals surface area (Å²) in [6, 6.07) is 28.0. The number of furan rings is 1. The summed E-state index contributed by atoms with van der Waals surface area (Å²) in [5, 5.41) is 22.2. The summed E-state index contributed by atoms with van der Waals surface area (Å²) < 4.78 is 5.38. The Hall–Kier alpha value is -4.34. The van der Waals surface area contributed by atoms with Crippen molar-refractivity contribution in [3.05, 3.63) is 101 Å². The monoisotopic (exact) mass is 446 g/mol. The van der Waals surface area contributed by atoms with Crippen LogP contribution in [0, 0.1) is 18.3 Å². The molecule has 5 aromatic rings. The Morgan fingerprint density at radius 1 is 0.970 bits per heavy atom. The van der Waals surface area contributed by atoms with Crippen molar-refractivity contribution in [1.29, 1.82) is 5.26 Å². The van der Waals surface area contributed by atoms with Crippen LogP contribution in [0.25, 0.3) is 33.7 Å². The molecule has 0 saturated heterocycles. The highest BCUT2D eigenvalue weighted by molar-refractivity contribution is 7.17. The molecule has 0 saturated carbocycles. The van der Waals surface area contributed by atoms with E-state index in [4.69, 9.17) is 9.40 Å². The van der Waals surface area contributed by atoms with Crippen molar-refractivity contribution in [2.24, 2.45) is 10.2 Å². The second-order valence-corrected chi connectivity index (χ2v) is 8.43. The zero-order chi connectivity index (χ0) is 22.6. The molecule has 0 radical (unpaired) electrons. The first-order chi connectivity index (χ1) is 16.2. The van der Waals surface area contributed by atoms with Crippen molar-refractivity contribution in [2.45, 2.75) is 6.92 Å². The first-order valence-electron chi connectivity index (χ1n) is 10.3. The molecule has 0 aliphatic carbocycles. The minimum Gasteiger partial charge on any atom is -0.465 e. The van der Waals surface area contributed by atoms with Crippen LogP contribution in [0.15, 0.2) is 99.8 Å². The van der Waals surface area contributed by atoms with Crippen molar-refractivity contribution >= 4 is 44.4 Å². The minimum atomic E-state index is 0.411. The van der Waals surface area contributed by atoms with Crippen molar-refractivity contribution in [3.8, 4) is 17.3 Å². The van der Waals surface area contributed by atoms with Crippen LogP contribution in [-0.4, -0.2) is 4.98 Å². The van der Waals surface area contributed by atoms with Gasteiger partial charge in [0.15, 0.2) is 5.00 Å². The molecule has 5 rings (SSSR count). The highest BCUT2D eigenvalue weighted by atomic mass is 32.1. The Labute approximate surface area is 195 Å². The first kappa shape index (κ1) is 20.6. The van der Waals surface area contributed by atoms with E-state index in [1.807, 2.05) is 49.4 Å². The minimum absolute atomic E-state index is 0.411. The molecule has 0 unspecified atom stereocenters. The van der Waals surface area contributed by atoms with Gasteiger partial charge in [-0.05, 0) is 48.0 Å². The Morgan fingerprint density at radius 3 is 2.55 bits per heavy atom. The third-order valence-electron chi connectivity index (χ3n) is 5.10. The van der Waals surface area contributed by atoms with Gasteiger partial charge in [0.05, 0.1) is 17.5 Å². The number of fused-ring (bicyclic) bond motifs is 1. The fraction of sp³-hybridized carbons (Fsp3) is 0.0370. The molecule has 0 aliphatic rings. The van der Waals surface area contributed by atoms with Crippen LogP contribution in [0.2, 0.25) is 0 Å². The number of thiazole rings is 1. The molecule has 0 N–H and O–H groups in total. The Kier molecular flexibility index (Phi) is 5.62. The van der Waals surface area contributed by atoms with Crippen molar-refractivity contribution in [3.63, 3.8) is 0 Å². The smallest absolute Gasteiger partial charge is 0.167 e. The summed E-state index contributed by atoms with van der Waals surface area (Å²) in [6.07, 6.45) is 3.26. The lowest BCUT2D eigenvalue weighted by atomic mass is 10.1. The Bertz CT molecular complexity index is 1520. The number of aromatic nitrogens is 1. The van der Waals surface area contributed by atoms with Gasteiger partial charge in [0.2, 0.25) is 0 Å². The fourth-order valence-corrected chi connectivity index (χ4v) is 4.27. The Morgan fingerprint density at radius 2 is 1.79 bits per heavy atom. The van der Waals surface area contributed by atoms with Crippen LogP contribution >= 0.6 is 11.3 Å². The molecule has 2 heterocycles. The normalized spacial score (nSPS) is 11.8. The maximum Gasteiger partial charge on any atom is 0.167 e. The second-order valence-electron chi connectivity index (χ2n) is 7.46.